The van der Waals surface area contributed by atoms with Crippen molar-refractivity contribution >= 4 is 11.6 Å². The van der Waals surface area contributed by atoms with Gasteiger partial charge in [-0.2, -0.15) is 0 Å². The first-order valence-corrected chi connectivity index (χ1v) is 8.90. The van der Waals surface area contributed by atoms with E-state index in [0.717, 1.165) is 22.4 Å². The zero-order valence-electron chi connectivity index (χ0n) is 14.6. The van der Waals surface area contributed by atoms with Gasteiger partial charge < -0.3 is 9.15 Å². The Balaban J connectivity index is 1.84. The summed E-state index contributed by atoms with van der Waals surface area (Å²) in [6, 6.07) is 32.3. The van der Waals surface area contributed by atoms with Gasteiger partial charge in [0.15, 0.2) is 11.4 Å². The zero-order chi connectivity index (χ0) is 18.1. The molecule has 1 aliphatic rings. The SMILES string of the molecule is c1ccc(C2(c3ccccc3)OC(c3ccco3)=Nc3ccccc32)cc1. The second kappa shape index (κ2) is 6.29. The van der Waals surface area contributed by atoms with Gasteiger partial charge >= 0.3 is 0 Å². The van der Waals surface area contributed by atoms with Crippen molar-refractivity contribution in [1.82, 2.24) is 0 Å². The van der Waals surface area contributed by atoms with Gasteiger partial charge in [0.1, 0.15) is 0 Å². The van der Waals surface area contributed by atoms with Crippen LogP contribution in [0.2, 0.25) is 0 Å². The van der Waals surface area contributed by atoms with E-state index in [1.54, 1.807) is 6.26 Å². The molecule has 5 rings (SSSR count). The van der Waals surface area contributed by atoms with Gasteiger partial charge in [0.2, 0.25) is 0 Å². The number of aliphatic imine (C=N–C) groups is 1. The first-order valence-electron chi connectivity index (χ1n) is 8.90. The van der Waals surface area contributed by atoms with E-state index in [1.807, 2.05) is 66.7 Å². The molecular formula is C24H17NO2. The monoisotopic (exact) mass is 351 g/mol. The van der Waals surface area contributed by atoms with Crippen LogP contribution in [0.15, 0.2) is 113 Å². The number of nitrogens with zero attached hydrogens (tertiary/aromatic N) is 1. The van der Waals surface area contributed by atoms with Crippen LogP contribution in [0.4, 0.5) is 5.69 Å². The second-order valence-electron chi connectivity index (χ2n) is 6.43. The van der Waals surface area contributed by atoms with Crippen molar-refractivity contribution in [3.63, 3.8) is 0 Å². The first kappa shape index (κ1) is 15.6. The predicted octanol–water partition coefficient (Wildman–Crippen LogP) is 5.68. The Morgan fingerprint density at radius 3 is 1.89 bits per heavy atom. The summed E-state index contributed by atoms with van der Waals surface area (Å²) in [7, 11) is 0. The van der Waals surface area contributed by atoms with Gasteiger partial charge in [0.05, 0.1) is 12.0 Å². The summed E-state index contributed by atoms with van der Waals surface area (Å²) in [4.78, 5) is 4.73. The summed E-state index contributed by atoms with van der Waals surface area (Å²) in [5, 5.41) is 0. The minimum absolute atomic E-state index is 0.478. The van der Waals surface area contributed by atoms with Crippen LogP contribution in [0.3, 0.4) is 0 Å². The molecule has 0 bridgehead atoms. The third kappa shape index (κ3) is 2.48. The van der Waals surface area contributed by atoms with Crippen LogP contribution in [0.5, 0.6) is 0 Å². The summed E-state index contributed by atoms with van der Waals surface area (Å²) in [6.07, 6.45) is 1.63. The lowest BCUT2D eigenvalue weighted by Crippen LogP contribution is -2.37. The highest BCUT2D eigenvalue weighted by molar-refractivity contribution is 5.96. The number of furan rings is 1. The highest BCUT2D eigenvalue weighted by atomic mass is 16.5. The maximum absolute atomic E-state index is 6.67. The Morgan fingerprint density at radius 1 is 0.630 bits per heavy atom. The van der Waals surface area contributed by atoms with Gasteiger partial charge in [-0.25, -0.2) is 4.99 Å². The molecule has 0 saturated carbocycles. The summed E-state index contributed by atoms with van der Waals surface area (Å²) in [6.45, 7) is 0. The van der Waals surface area contributed by atoms with Gasteiger partial charge in [-0.15, -0.1) is 0 Å². The molecule has 1 aliphatic heterocycles. The van der Waals surface area contributed by atoms with E-state index in [4.69, 9.17) is 14.1 Å². The summed E-state index contributed by atoms with van der Waals surface area (Å²) in [5.74, 6) is 1.09. The Kier molecular flexibility index (Phi) is 3.65. The third-order valence-electron chi connectivity index (χ3n) is 4.85. The van der Waals surface area contributed by atoms with E-state index in [9.17, 15) is 0 Å². The topological polar surface area (TPSA) is 34.7 Å². The zero-order valence-corrected chi connectivity index (χ0v) is 14.6. The summed E-state index contributed by atoms with van der Waals surface area (Å²) >= 11 is 0. The molecule has 3 heteroatoms. The van der Waals surface area contributed by atoms with Crippen molar-refractivity contribution in [3.05, 3.63) is 126 Å². The molecule has 0 unspecified atom stereocenters. The molecule has 0 amide bonds. The van der Waals surface area contributed by atoms with Crippen LogP contribution in [-0.4, -0.2) is 5.90 Å². The highest BCUT2D eigenvalue weighted by Gasteiger charge is 2.44. The molecule has 0 aliphatic carbocycles. The molecule has 0 radical (unpaired) electrons. The summed E-state index contributed by atoms with van der Waals surface area (Å²) < 4.78 is 12.3. The maximum Gasteiger partial charge on any atom is 0.259 e. The molecule has 2 heterocycles. The molecule has 4 aromatic rings. The number of fused-ring (bicyclic) bond motifs is 1. The molecule has 0 spiro atoms. The van der Waals surface area contributed by atoms with Crippen LogP contribution in [0, 0.1) is 0 Å². The molecule has 3 aromatic carbocycles. The third-order valence-corrected chi connectivity index (χ3v) is 4.85. The Hall–Kier alpha value is -3.59. The van der Waals surface area contributed by atoms with Crippen molar-refractivity contribution in [3.8, 4) is 0 Å². The fraction of sp³-hybridized carbons (Fsp3) is 0.0417. The van der Waals surface area contributed by atoms with Crippen LogP contribution < -0.4 is 0 Å². The number of ether oxygens (including phenoxy) is 1. The lowest BCUT2D eigenvalue weighted by atomic mass is 9.78. The average Bonchev–Trinajstić information content (AvgIpc) is 3.29. The van der Waals surface area contributed by atoms with Gasteiger partial charge in [-0.3, -0.25) is 0 Å². The van der Waals surface area contributed by atoms with E-state index in [0.29, 0.717) is 11.7 Å². The Labute approximate surface area is 157 Å². The van der Waals surface area contributed by atoms with E-state index in [-0.39, 0.29) is 0 Å². The van der Waals surface area contributed by atoms with Gasteiger partial charge in [-0.05, 0) is 18.2 Å². The smallest absolute Gasteiger partial charge is 0.259 e. The van der Waals surface area contributed by atoms with E-state index in [1.165, 1.54) is 0 Å². The molecule has 0 fully saturated rings. The van der Waals surface area contributed by atoms with Crippen molar-refractivity contribution in [2.24, 2.45) is 4.99 Å². The van der Waals surface area contributed by atoms with Crippen molar-refractivity contribution in [1.29, 1.82) is 0 Å². The number of rotatable bonds is 3. The molecule has 0 saturated heterocycles. The number of para-hydroxylation sites is 1. The van der Waals surface area contributed by atoms with Crippen molar-refractivity contribution in [2.45, 2.75) is 5.60 Å². The van der Waals surface area contributed by atoms with Crippen LogP contribution in [0.25, 0.3) is 0 Å². The lowest BCUT2D eigenvalue weighted by molar-refractivity contribution is 0.134. The molecular weight excluding hydrogens is 334 g/mol. The predicted molar refractivity (Wildman–Crippen MR) is 105 cm³/mol. The fourth-order valence-corrected chi connectivity index (χ4v) is 3.65. The quantitative estimate of drug-likeness (QED) is 0.476. The van der Waals surface area contributed by atoms with Crippen LogP contribution in [0.1, 0.15) is 22.5 Å². The Bertz CT molecular complexity index is 1040. The van der Waals surface area contributed by atoms with E-state index < -0.39 is 5.60 Å². The molecule has 130 valence electrons. The van der Waals surface area contributed by atoms with Gasteiger partial charge in [0, 0.05) is 16.7 Å². The van der Waals surface area contributed by atoms with Crippen LogP contribution >= 0.6 is 0 Å². The highest BCUT2D eigenvalue weighted by Crippen LogP contribution is 2.47. The lowest BCUT2D eigenvalue weighted by Gasteiger charge is -2.39. The minimum Gasteiger partial charge on any atom is -0.459 e. The molecule has 27 heavy (non-hydrogen) atoms. The van der Waals surface area contributed by atoms with E-state index in [2.05, 4.69) is 30.3 Å². The summed E-state index contributed by atoms with van der Waals surface area (Å²) in [5.41, 5.74) is 3.17. The first-order chi connectivity index (χ1) is 13.4. The average molecular weight is 351 g/mol. The molecule has 0 N–H and O–H groups in total. The number of hydrogen-bond donors (Lipinski definition) is 0. The van der Waals surface area contributed by atoms with Gasteiger partial charge in [-0.1, -0.05) is 78.9 Å². The minimum atomic E-state index is -0.803. The standard InChI is InChI=1S/C24H17NO2/c1-3-10-18(11-4-1)24(19-12-5-2-6-13-19)20-14-7-8-15-21(20)25-23(27-24)22-16-9-17-26-22/h1-17H. The van der Waals surface area contributed by atoms with Gasteiger partial charge in [0.25, 0.3) is 5.90 Å². The maximum atomic E-state index is 6.67. The number of hydrogen-bond acceptors (Lipinski definition) is 3. The number of benzene rings is 3. The second-order valence-corrected chi connectivity index (χ2v) is 6.43. The molecule has 1 aromatic heterocycles. The molecule has 3 nitrogen and oxygen atoms in total. The van der Waals surface area contributed by atoms with Crippen molar-refractivity contribution in [2.75, 3.05) is 0 Å². The fourth-order valence-electron chi connectivity index (χ4n) is 3.65. The normalized spacial score (nSPS) is 14.7. The largest absolute Gasteiger partial charge is 0.459 e. The molecule has 0 atom stereocenters. The Morgan fingerprint density at radius 2 is 1.26 bits per heavy atom. The van der Waals surface area contributed by atoms with E-state index >= 15 is 0 Å². The van der Waals surface area contributed by atoms with Crippen LogP contribution in [-0.2, 0) is 10.3 Å². The van der Waals surface area contributed by atoms with Crippen molar-refractivity contribution < 1.29 is 9.15 Å².